The molecule has 2 aliphatic rings. The Morgan fingerprint density at radius 1 is 1.40 bits per heavy atom. The van der Waals surface area contributed by atoms with Crippen molar-refractivity contribution in [1.29, 1.82) is 0 Å². The van der Waals surface area contributed by atoms with Gasteiger partial charge in [-0.2, -0.15) is 0 Å². The standard InChI is InChI=1S/C15H18F2N2O/c16-10-3-4-11(12(17)8-10)15(5-6-15)9-19-14(20)13-2-1-7-18-13/h3-4,8,13,18H,1-2,5-7,9H2,(H,19,20). The molecule has 1 heterocycles. The summed E-state index contributed by atoms with van der Waals surface area (Å²) in [5, 5.41) is 6.04. The Hall–Kier alpha value is -1.49. The van der Waals surface area contributed by atoms with Crippen molar-refractivity contribution in [3.05, 3.63) is 35.4 Å². The highest BCUT2D eigenvalue weighted by atomic mass is 19.1. The van der Waals surface area contributed by atoms with Crippen LogP contribution in [0.1, 0.15) is 31.2 Å². The van der Waals surface area contributed by atoms with Gasteiger partial charge in [0.05, 0.1) is 6.04 Å². The van der Waals surface area contributed by atoms with Crippen LogP contribution in [0.5, 0.6) is 0 Å². The van der Waals surface area contributed by atoms with Crippen molar-refractivity contribution in [3.8, 4) is 0 Å². The van der Waals surface area contributed by atoms with Gasteiger partial charge in [-0.1, -0.05) is 6.07 Å². The molecule has 20 heavy (non-hydrogen) atoms. The third-order valence-electron chi connectivity index (χ3n) is 4.33. The second-order valence-electron chi connectivity index (χ2n) is 5.77. The maximum absolute atomic E-state index is 13.8. The Bertz CT molecular complexity index is 523. The summed E-state index contributed by atoms with van der Waals surface area (Å²) in [5.74, 6) is -1.10. The fourth-order valence-corrected chi connectivity index (χ4v) is 2.90. The molecule has 0 aromatic heterocycles. The number of carbonyl (C=O) groups is 1. The van der Waals surface area contributed by atoms with Gasteiger partial charge < -0.3 is 10.6 Å². The first-order valence-corrected chi connectivity index (χ1v) is 7.07. The molecule has 1 aliphatic heterocycles. The van der Waals surface area contributed by atoms with E-state index in [1.54, 1.807) is 0 Å². The van der Waals surface area contributed by atoms with Crippen LogP contribution in [0, 0.1) is 11.6 Å². The van der Waals surface area contributed by atoms with Crippen LogP contribution in [0.2, 0.25) is 0 Å². The summed E-state index contributed by atoms with van der Waals surface area (Å²) in [7, 11) is 0. The van der Waals surface area contributed by atoms with E-state index in [9.17, 15) is 13.6 Å². The van der Waals surface area contributed by atoms with Gasteiger partial charge >= 0.3 is 0 Å². The molecule has 1 amide bonds. The van der Waals surface area contributed by atoms with Crippen molar-refractivity contribution in [2.45, 2.75) is 37.1 Å². The molecule has 0 bridgehead atoms. The summed E-state index contributed by atoms with van der Waals surface area (Å²) in [6.07, 6.45) is 3.52. The molecule has 1 unspecified atom stereocenters. The maximum Gasteiger partial charge on any atom is 0.237 e. The predicted octanol–water partition coefficient (Wildman–Crippen LogP) is 1.86. The Labute approximate surface area is 116 Å². The summed E-state index contributed by atoms with van der Waals surface area (Å²) in [6, 6.07) is 3.57. The number of hydrogen-bond acceptors (Lipinski definition) is 2. The minimum absolute atomic E-state index is 0.0173. The van der Waals surface area contributed by atoms with E-state index in [2.05, 4.69) is 10.6 Å². The molecular formula is C15H18F2N2O. The average Bonchev–Trinajstić information content (AvgIpc) is 2.99. The van der Waals surface area contributed by atoms with Crippen LogP contribution in [0.15, 0.2) is 18.2 Å². The van der Waals surface area contributed by atoms with E-state index in [-0.39, 0.29) is 17.4 Å². The van der Waals surface area contributed by atoms with E-state index in [0.29, 0.717) is 12.1 Å². The van der Waals surface area contributed by atoms with Gasteiger partial charge in [0.2, 0.25) is 5.91 Å². The lowest BCUT2D eigenvalue weighted by atomic mass is 9.95. The first-order chi connectivity index (χ1) is 9.61. The smallest absolute Gasteiger partial charge is 0.237 e. The lowest BCUT2D eigenvalue weighted by molar-refractivity contribution is -0.122. The normalized spacial score (nSPS) is 23.6. The van der Waals surface area contributed by atoms with Gasteiger partial charge in [0.15, 0.2) is 0 Å². The van der Waals surface area contributed by atoms with Gasteiger partial charge in [0.1, 0.15) is 11.6 Å². The molecule has 1 saturated carbocycles. The molecule has 2 N–H and O–H groups in total. The van der Waals surface area contributed by atoms with Gasteiger partial charge in [-0.05, 0) is 43.9 Å². The first-order valence-electron chi connectivity index (χ1n) is 7.07. The largest absolute Gasteiger partial charge is 0.354 e. The van der Waals surface area contributed by atoms with Crippen LogP contribution in [-0.2, 0) is 10.2 Å². The highest BCUT2D eigenvalue weighted by Crippen LogP contribution is 2.48. The highest BCUT2D eigenvalue weighted by Gasteiger charge is 2.46. The summed E-state index contributed by atoms with van der Waals surface area (Å²) in [4.78, 5) is 12.0. The number of hydrogen-bond donors (Lipinski definition) is 2. The quantitative estimate of drug-likeness (QED) is 0.884. The number of amides is 1. The van der Waals surface area contributed by atoms with Crippen LogP contribution in [0.4, 0.5) is 8.78 Å². The molecule has 0 radical (unpaired) electrons. The molecule has 3 rings (SSSR count). The Balaban J connectivity index is 1.65. The lowest BCUT2D eigenvalue weighted by Gasteiger charge is -2.19. The number of benzene rings is 1. The fraction of sp³-hybridized carbons (Fsp3) is 0.533. The molecule has 1 saturated heterocycles. The van der Waals surface area contributed by atoms with Gasteiger partial charge in [0.25, 0.3) is 0 Å². The zero-order chi connectivity index (χ0) is 14.2. The van der Waals surface area contributed by atoms with Crippen molar-refractivity contribution >= 4 is 5.91 Å². The molecule has 108 valence electrons. The summed E-state index contributed by atoms with van der Waals surface area (Å²) >= 11 is 0. The Kier molecular flexibility index (Phi) is 3.46. The maximum atomic E-state index is 13.8. The molecule has 5 heteroatoms. The first kappa shape index (κ1) is 13.5. The zero-order valence-corrected chi connectivity index (χ0v) is 11.2. The van der Waals surface area contributed by atoms with E-state index in [1.165, 1.54) is 12.1 Å². The van der Waals surface area contributed by atoms with E-state index in [0.717, 1.165) is 38.3 Å². The van der Waals surface area contributed by atoms with E-state index in [4.69, 9.17) is 0 Å². The van der Waals surface area contributed by atoms with Crippen molar-refractivity contribution in [2.75, 3.05) is 13.1 Å². The second-order valence-corrected chi connectivity index (χ2v) is 5.77. The van der Waals surface area contributed by atoms with E-state index in [1.807, 2.05) is 0 Å². The Morgan fingerprint density at radius 3 is 2.80 bits per heavy atom. The molecule has 1 aromatic carbocycles. The van der Waals surface area contributed by atoms with Crippen molar-refractivity contribution in [1.82, 2.24) is 10.6 Å². The number of rotatable bonds is 4. The molecule has 0 spiro atoms. The molecule has 3 nitrogen and oxygen atoms in total. The molecular weight excluding hydrogens is 262 g/mol. The Morgan fingerprint density at radius 2 is 2.20 bits per heavy atom. The molecule has 1 aliphatic carbocycles. The topological polar surface area (TPSA) is 41.1 Å². The summed E-state index contributed by atoms with van der Waals surface area (Å²) in [5.41, 5.74) is 0.171. The van der Waals surface area contributed by atoms with Crippen molar-refractivity contribution in [3.63, 3.8) is 0 Å². The monoisotopic (exact) mass is 280 g/mol. The van der Waals surface area contributed by atoms with Gasteiger partial charge in [-0.3, -0.25) is 4.79 Å². The van der Waals surface area contributed by atoms with Crippen LogP contribution in [0.25, 0.3) is 0 Å². The zero-order valence-electron chi connectivity index (χ0n) is 11.2. The minimum Gasteiger partial charge on any atom is -0.354 e. The summed E-state index contributed by atoms with van der Waals surface area (Å²) < 4.78 is 26.8. The van der Waals surface area contributed by atoms with E-state index < -0.39 is 11.6 Å². The van der Waals surface area contributed by atoms with Crippen LogP contribution < -0.4 is 10.6 Å². The highest BCUT2D eigenvalue weighted by molar-refractivity contribution is 5.82. The third kappa shape index (κ3) is 2.54. The molecule has 2 fully saturated rings. The van der Waals surface area contributed by atoms with Crippen LogP contribution in [-0.4, -0.2) is 25.0 Å². The van der Waals surface area contributed by atoms with E-state index >= 15 is 0 Å². The van der Waals surface area contributed by atoms with Gasteiger partial charge in [-0.25, -0.2) is 8.78 Å². The molecule has 1 aromatic rings. The van der Waals surface area contributed by atoms with Gasteiger partial charge in [-0.15, -0.1) is 0 Å². The summed E-state index contributed by atoms with van der Waals surface area (Å²) in [6.45, 7) is 1.29. The number of carbonyl (C=O) groups excluding carboxylic acids is 1. The SMILES string of the molecule is O=C(NCC1(c2ccc(F)cc2F)CC1)C1CCCN1. The predicted molar refractivity (Wildman–Crippen MR) is 71.3 cm³/mol. The average molecular weight is 280 g/mol. The van der Waals surface area contributed by atoms with Crippen molar-refractivity contribution < 1.29 is 13.6 Å². The number of nitrogens with one attached hydrogen (secondary N) is 2. The second kappa shape index (κ2) is 5.13. The third-order valence-corrected chi connectivity index (χ3v) is 4.33. The lowest BCUT2D eigenvalue weighted by Crippen LogP contribution is -2.43. The van der Waals surface area contributed by atoms with Gasteiger partial charge in [0, 0.05) is 18.0 Å². The van der Waals surface area contributed by atoms with Crippen LogP contribution in [0.3, 0.4) is 0 Å². The molecule has 1 atom stereocenters. The minimum atomic E-state index is -0.568. The number of halogens is 2. The van der Waals surface area contributed by atoms with Crippen LogP contribution >= 0.6 is 0 Å². The van der Waals surface area contributed by atoms with Crippen molar-refractivity contribution in [2.24, 2.45) is 0 Å². The fourth-order valence-electron chi connectivity index (χ4n) is 2.90.